The van der Waals surface area contributed by atoms with Crippen LogP contribution < -0.4 is 4.74 Å². The molecule has 0 spiro atoms. The quantitative estimate of drug-likeness (QED) is 0.932. The maximum absolute atomic E-state index is 11.2. The van der Waals surface area contributed by atoms with Crippen LogP contribution in [0.5, 0.6) is 5.75 Å². The van der Waals surface area contributed by atoms with Crippen LogP contribution in [-0.2, 0) is 6.42 Å². The van der Waals surface area contributed by atoms with Gasteiger partial charge in [0, 0.05) is 5.92 Å². The Bertz CT molecular complexity index is 667. The van der Waals surface area contributed by atoms with Gasteiger partial charge in [-0.25, -0.2) is 4.79 Å². The SMILES string of the molecule is O=C(O)c1cccc(Cl)c1OCC1Cc2ccccc21. The van der Waals surface area contributed by atoms with Crippen LogP contribution in [-0.4, -0.2) is 17.7 Å². The van der Waals surface area contributed by atoms with E-state index in [1.54, 1.807) is 12.1 Å². The average molecular weight is 289 g/mol. The predicted octanol–water partition coefficient (Wildman–Crippen LogP) is 3.76. The largest absolute Gasteiger partial charge is 0.490 e. The van der Waals surface area contributed by atoms with E-state index in [1.807, 2.05) is 12.1 Å². The lowest BCUT2D eigenvalue weighted by atomic mass is 9.78. The Morgan fingerprint density at radius 3 is 2.80 bits per heavy atom. The molecule has 4 heteroatoms. The standard InChI is InChI=1S/C16H13ClO3/c17-14-7-3-6-13(16(18)19)15(14)20-9-11-8-10-4-1-2-5-12(10)11/h1-7,11H,8-9H2,(H,18,19). The molecule has 0 aliphatic heterocycles. The van der Waals surface area contributed by atoms with E-state index in [4.69, 9.17) is 21.4 Å². The molecule has 1 atom stereocenters. The summed E-state index contributed by atoms with van der Waals surface area (Å²) in [6.45, 7) is 0.445. The number of hydrogen-bond acceptors (Lipinski definition) is 2. The number of carboxylic acid groups (broad SMARTS) is 1. The Labute approximate surface area is 121 Å². The summed E-state index contributed by atoms with van der Waals surface area (Å²) < 4.78 is 5.68. The Hall–Kier alpha value is -2.00. The van der Waals surface area contributed by atoms with Crippen molar-refractivity contribution in [3.8, 4) is 5.75 Å². The number of halogens is 1. The first kappa shape index (κ1) is 13.0. The van der Waals surface area contributed by atoms with Crippen molar-refractivity contribution in [1.82, 2.24) is 0 Å². The van der Waals surface area contributed by atoms with Crippen molar-refractivity contribution in [1.29, 1.82) is 0 Å². The molecule has 0 saturated carbocycles. The normalized spacial score (nSPS) is 16.1. The molecule has 20 heavy (non-hydrogen) atoms. The molecule has 1 N–H and O–H groups in total. The molecule has 0 saturated heterocycles. The monoisotopic (exact) mass is 288 g/mol. The average Bonchev–Trinajstić information content (AvgIpc) is 2.41. The number of aromatic carboxylic acids is 1. The van der Waals surface area contributed by atoms with Gasteiger partial charge in [0.2, 0.25) is 0 Å². The molecular weight excluding hydrogens is 276 g/mol. The summed E-state index contributed by atoms with van der Waals surface area (Å²) in [6, 6.07) is 12.9. The Morgan fingerprint density at radius 2 is 2.05 bits per heavy atom. The molecule has 0 radical (unpaired) electrons. The van der Waals surface area contributed by atoms with Crippen molar-refractivity contribution in [3.63, 3.8) is 0 Å². The van der Waals surface area contributed by atoms with Gasteiger partial charge in [-0.1, -0.05) is 41.9 Å². The van der Waals surface area contributed by atoms with Crippen molar-refractivity contribution in [3.05, 3.63) is 64.2 Å². The van der Waals surface area contributed by atoms with Gasteiger partial charge in [0.05, 0.1) is 11.6 Å². The maximum Gasteiger partial charge on any atom is 0.339 e. The van der Waals surface area contributed by atoms with Crippen LogP contribution in [0, 0.1) is 0 Å². The first-order chi connectivity index (χ1) is 9.66. The smallest absolute Gasteiger partial charge is 0.339 e. The molecule has 3 nitrogen and oxygen atoms in total. The first-order valence-electron chi connectivity index (χ1n) is 6.39. The third-order valence-corrected chi connectivity index (χ3v) is 3.89. The third-order valence-electron chi connectivity index (χ3n) is 3.59. The predicted molar refractivity (Wildman–Crippen MR) is 76.8 cm³/mol. The molecule has 0 aromatic heterocycles. The molecule has 1 aliphatic rings. The Kier molecular flexibility index (Phi) is 3.36. The van der Waals surface area contributed by atoms with Gasteiger partial charge in [-0.3, -0.25) is 0 Å². The van der Waals surface area contributed by atoms with Gasteiger partial charge < -0.3 is 9.84 Å². The summed E-state index contributed by atoms with van der Waals surface area (Å²) >= 11 is 6.03. The fourth-order valence-electron chi connectivity index (χ4n) is 2.52. The van der Waals surface area contributed by atoms with Gasteiger partial charge >= 0.3 is 5.97 Å². The molecular formula is C16H13ClO3. The minimum Gasteiger partial charge on any atom is -0.490 e. The second-order valence-corrected chi connectivity index (χ2v) is 5.24. The van der Waals surface area contributed by atoms with Crippen molar-refractivity contribution < 1.29 is 14.6 Å². The molecule has 102 valence electrons. The van der Waals surface area contributed by atoms with Crippen LogP contribution in [0.1, 0.15) is 27.4 Å². The minimum absolute atomic E-state index is 0.102. The summed E-state index contributed by atoms with van der Waals surface area (Å²) in [5, 5.41) is 9.48. The van der Waals surface area contributed by atoms with Crippen LogP contribution in [0.2, 0.25) is 5.02 Å². The van der Waals surface area contributed by atoms with Crippen LogP contribution in [0.25, 0.3) is 0 Å². The number of carboxylic acids is 1. The number of para-hydroxylation sites is 1. The highest BCUT2D eigenvalue weighted by atomic mass is 35.5. The number of rotatable bonds is 4. The van der Waals surface area contributed by atoms with Crippen LogP contribution >= 0.6 is 11.6 Å². The highest BCUT2D eigenvalue weighted by molar-refractivity contribution is 6.32. The van der Waals surface area contributed by atoms with Gasteiger partial charge in [-0.05, 0) is 29.7 Å². The molecule has 0 amide bonds. The van der Waals surface area contributed by atoms with E-state index in [2.05, 4.69) is 12.1 Å². The van der Waals surface area contributed by atoms with Crippen LogP contribution in [0.15, 0.2) is 42.5 Å². The van der Waals surface area contributed by atoms with E-state index in [0.717, 1.165) is 6.42 Å². The molecule has 0 bridgehead atoms. The topological polar surface area (TPSA) is 46.5 Å². The van der Waals surface area contributed by atoms with E-state index in [0.29, 0.717) is 17.5 Å². The number of ether oxygens (including phenoxy) is 1. The lowest BCUT2D eigenvalue weighted by Gasteiger charge is -2.30. The number of hydrogen-bond donors (Lipinski definition) is 1. The fourth-order valence-corrected chi connectivity index (χ4v) is 2.75. The third kappa shape index (κ3) is 2.25. The highest BCUT2D eigenvalue weighted by Crippen LogP contribution is 2.36. The molecule has 2 aromatic rings. The van der Waals surface area contributed by atoms with Gasteiger partial charge in [0.25, 0.3) is 0 Å². The van der Waals surface area contributed by atoms with Crippen LogP contribution in [0.4, 0.5) is 0 Å². The number of carbonyl (C=O) groups is 1. The molecule has 1 unspecified atom stereocenters. The zero-order valence-electron chi connectivity index (χ0n) is 10.7. The highest BCUT2D eigenvalue weighted by Gasteiger charge is 2.26. The summed E-state index contributed by atoms with van der Waals surface area (Å²) in [7, 11) is 0. The van der Waals surface area contributed by atoms with Crippen molar-refractivity contribution in [2.24, 2.45) is 0 Å². The van der Waals surface area contributed by atoms with E-state index < -0.39 is 5.97 Å². The Morgan fingerprint density at radius 1 is 1.25 bits per heavy atom. The lowest BCUT2D eigenvalue weighted by Crippen LogP contribution is -2.23. The molecule has 0 fully saturated rings. The van der Waals surface area contributed by atoms with E-state index in [1.165, 1.54) is 17.2 Å². The van der Waals surface area contributed by atoms with Crippen molar-refractivity contribution in [2.45, 2.75) is 12.3 Å². The zero-order valence-corrected chi connectivity index (χ0v) is 11.4. The molecule has 0 heterocycles. The Balaban J connectivity index is 1.76. The van der Waals surface area contributed by atoms with E-state index in [9.17, 15) is 4.79 Å². The van der Waals surface area contributed by atoms with Gasteiger partial charge in [0.15, 0.2) is 5.75 Å². The second kappa shape index (κ2) is 5.17. The summed E-state index contributed by atoms with van der Waals surface area (Å²) in [5.41, 5.74) is 2.71. The number of fused-ring (bicyclic) bond motifs is 1. The van der Waals surface area contributed by atoms with E-state index in [-0.39, 0.29) is 11.3 Å². The number of benzene rings is 2. The molecule has 1 aliphatic carbocycles. The minimum atomic E-state index is -1.03. The summed E-state index contributed by atoms with van der Waals surface area (Å²) in [6.07, 6.45) is 0.961. The molecule has 2 aromatic carbocycles. The maximum atomic E-state index is 11.2. The van der Waals surface area contributed by atoms with Crippen molar-refractivity contribution >= 4 is 17.6 Å². The second-order valence-electron chi connectivity index (χ2n) is 4.83. The van der Waals surface area contributed by atoms with Crippen molar-refractivity contribution in [2.75, 3.05) is 6.61 Å². The van der Waals surface area contributed by atoms with Gasteiger partial charge in [-0.15, -0.1) is 0 Å². The fraction of sp³-hybridized carbons (Fsp3) is 0.188. The zero-order chi connectivity index (χ0) is 14.1. The summed E-state index contributed by atoms with van der Waals surface area (Å²) in [5.74, 6) is -0.466. The summed E-state index contributed by atoms with van der Waals surface area (Å²) in [4.78, 5) is 11.2. The lowest BCUT2D eigenvalue weighted by molar-refractivity contribution is 0.0691. The van der Waals surface area contributed by atoms with Crippen LogP contribution in [0.3, 0.4) is 0 Å². The first-order valence-corrected chi connectivity index (χ1v) is 6.77. The van der Waals surface area contributed by atoms with Gasteiger partial charge in [0.1, 0.15) is 5.56 Å². The van der Waals surface area contributed by atoms with E-state index >= 15 is 0 Å². The molecule has 3 rings (SSSR count). The van der Waals surface area contributed by atoms with Gasteiger partial charge in [-0.2, -0.15) is 0 Å².